The molecule has 0 spiro atoms. The molecular formula is C12H15F2NO5S. The Morgan fingerprint density at radius 3 is 2.48 bits per heavy atom. The lowest BCUT2D eigenvalue weighted by Gasteiger charge is -2.14. The van der Waals surface area contributed by atoms with Gasteiger partial charge in [-0.05, 0) is 24.1 Å². The van der Waals surface area contributed by atoms with Crippen LogP contribution in [0.4, 0.5) is 8.78 Å². The number of carboxylic acid groups (broad SMARTS) is 1. The molecule has 0 saturated carbocycles. The van der Waals surface area contributed by atoms with Crippen molar-refractivity contribution in [1.82, 2.24) is 4.72 Å². The van der Waals surface area contributed by atoms with E-state index < -0.39 is 35.1 Å². The zero-order valence-corrected chi connectivity index (χ0v) is 11.9. The third-order valence-electron chi connectivity index (χ3n) is 2.76. The van der Waals surface area contributed by atoms with E-state index in [0.29, 0.717) is 12.0 Å². The summed E-state index contributed by atoms with van der Waals surface area (Å²) < 4.78 is 50.3. The number of benzene rings is 1. The molecule has 118 valence electrons. The highest BCUT2D eigenvalue weighted by Crippen LogP contribution is 2.19. The Morgan fingerprint density at radius 2 is 2.00 bits per heavy atom. The van der Waals surface area contributed by atoms with E-state index in [2.05, 4.69) is 0 Å². The van der Waals surface area contributed by atoms with Crippen molar-refractivity contribution in [2.24, 2.45) is 0 Å². The number of aromatic carboxylic acids is 1. The van der Waals surface area contributed by atoms with Crippen molar-refractivity contribution in [3.05, 3.63) is 29.3 Å². The van der Waals surface area contributed by atoms with Crippen LogP contribution < -0.4 is 4.72 Å². The Bertz CT molecular complexity index is 618. The van der Waals surface area contributed by atoms with Crippen LogP contribution in [0, 0.1) is 0 Å². The van der Waals surface area contributed by atoms with Crippen LogP contribution in [0.1, 0.15) is 22.8 Å². The highest BCUT2D eigenvalue weighted by atomic mass is 32.2. The summed E-state index contributed by atoms with van der Waals surface area (Å²) in [6.45, 7) is 0.809. The molecule has 0 aliphatic rings. The van der Waals surface area contributed by atoms with Crippen molar-refractivity contribution in [1.29, 1.82) is 0 Å². The summed E-state index contributed by atoms with van der Waals surface area (Å²) in [5.41, 5.74) is 0.112. The van der Waals surface area contributed by atoms with Gasteiger partial charge in [0, 0.05) is 6.54 Å². The topological polar surface area (TPSA) is 104 Å². The highest BCUT2D eigenvalue weighted by molar-refractivity contribution is 7.89. The Labute approximate surface area is 120 Å². The summed E-state index contributed by atoms with van der Waals surface area (Å²) in [6, 6.07) is 3.56. The maximum absolute atomic E-state index is 12.2. The van der Waals surface area contributed by atoms with Gasteiger partial charge in [0.25, 0.3) is 6.43 Å². The summed E-state index contributed by atoms with van der Waals surface area (Å²) in [5.74, 6) is -1.30. The maximum atomic E-state index is 12.2. The SMILES string of the molecule is CCc1ccc(C(=O)O)cc1S(=O)(=O)NCC(O)C(F)F. The summed E-state index contributed by atoms with van der Waals surface area (Å²) in [4.78, 5) is 10.6. The fourth-order valence-corrected chi connectivity index (χ4v) is 2.98. The molecule has 1 aromatic rings. The number of nitrogens with one attached hydrogen (secondary N) is 1. The van der Waals surface area contributed by atoms with Crippen LogP contribution in [0.2, 0.25) is 0 Å². The number of halogens is 2. The van der Waals surface area contributed by atoms with E-state index in [4.69, 9.17) is 10.2 Å². The second kappa shape index (κ2) is 6.92. The molecular weight excluding hydrogens is 308 g/mol. The van der Waals surface area contributed by atoms with Crippen LogP contribution in [0.3, 0.4) is 0 Å². The van der Waals surface area contributed by atoms with E-state index in [1.807, 2.05) is 4.72 Å². The summed E-state index contributed by atoms with van der Waals surface area (Å²) in [5, 5.41) is 17.8. The predicted molar refractivity (Wildman–Crippen MR) is 70.0 cm³/mol. The molecule has 0 amide bonds. The van der Waals surface area contributed by atoms with Crippen molar-refractivity contribution >= 4 is 16.0 Å². The van der Waals surface area contributed by atoms with Crippen LogP contribution in [0.25, 0.3) is 0 Å². The molecule has 1 aromatic carbocycles. The monoisotopic (exact) mass is 323 g/mol. The molecule has 0 fully saturated rings. The number of aliphatic hydroxyl groups is 1. The van der Waals surface area contributed by atoms with E-state index in [0.717, 1.165) is 6.07 Å². The van der Waals surface area contributed by atoms with Crippen molar-refractivity contribution in [2.45, 2.75) is 30.8 Å². The Morgan fingerprint density at radius 1 is 1.38 bits per heavy atom. The standard InChI is InChI=1S/C12H15F2NO5S/c1-2-7-3-4-8(12(17)18)5-10(7)21(19,20)15-6-9(16)11(13)14/h3-5,9,11,15-16H,2,6H2,1H3,(H,17,18). The Hall–Kier alpha value is -1.58. The molecule has 0 bridgehead atoms. The molecule has 9 heteroatoms. The van der Waals surface area contributed by atoms with Gasteiger partial charge in [-0.1, -0.05) is 13.0 Å². The van der Waals surface area contributed by atoms with Gasteiger partial charge in [0.15, 0.2) is 0 Å². The summed E-state index contributed by atoms with van der Waals surface area (Å²) >= 11 is 0. The first kappa shape index (κ1) is 17.5. The Kier molecular flexibility index (Phi) is 5.76. The number of alkyl halides is 2. The molecule has 0 radical (unpaired) electrons. The van der Waals surface area contributed by atoms with Crippen LogP contribution in [0.5, 0.6) is 0 Å². The zero-order valence-electron chi connectivity index (χ0n) is 11.1. The van der Waals surface area contributed by atoms with E-state index in [9.17, 15) is 22.0 Å². The molecule has 3 N–H and O–H groups in total. The van der Waals surface area contributed by atoms with Crippen LogP contribution in [-0.4, -0.2) is 43.7 Å². The average molecular weight is 323 g/mol. The van der Waals surface area contributed by atoms with Gasteiger partial charge < -0.3 is 10.2 Å². The van der Waals surface area contributed by atoms with Gasteiger partial charge in [-0.15, -0.1) is 0 Å². The molecule has 0 aromatic heterocycles. The van der Waals surface area contributed by atoms with Gasteiger partial charge >= 0.3 is 5.97 Å². The number of rotatable bonds is 7. The van der Waals surface area contributed by atoms with E-state index in [1.54, 1.807) is 6.92 Å². The van der Waals surface area contributed by atoms with E-state index in [1.165, 1.54) is 12.1 Å². The number of aryl methyl sites for hydroxylation is 1. The van der Waals surface area contributed by atoms with Crippen molar-refractivity contribution < 1.29 is 32.2 Å². The van der Waals surface area contributed by atoms with Gasteiger partial charge in [-0.2, -0.15) is 0 Å². The lowest BCUT2D eigenvalue weighted by molar-refractivity contribution is -0.000452. The molecule has 6 nitrogen and oxygen atoms in total. The fourth-order valence-electron chi connectivity index (χ4n) is 1.59. The van der Waals surface area contributed by atoms with E-state index in [-0.39, 0.29) is 10.5 Å². The minimum absolute atomic E-state index is 0.234. The highest BCUT2D eigenvalue weighted by Gasteiger charge is 2.23. The summed E-state index contributed by atoms with van der Waals surface area (Å²) in [7, 11) is -4.19. The normalized spacial score (nSPS) is 13.4. The first-order chi connectivity index (χ1) is 9.69. The van der Waals surface area contributed by atoms with Crippen LogP contribution in [0.15, 0.2) is 23.1 Å². The van der Waals surface area contributed by atoms with Crippen molar-refractivity contribution in [2.75, 3.05) is 6.54 Å². The molecule has 0 saturated heterocycles. The first-order valence-corrected chi connectivity index (χ1v) is 7.49. The lowest BCUT2D eigenvalue weighted by Crippen LogP contribution is -2.36. The molecule has 1 atom stereocenters. The molecule has 1 rings (SSSR count). The van der Waals surface area contributed by atoms with E-state index >= 15 is 0 Å². The molecule has 21 heavy (non-hydrogen) atoms. The minimum atomic E-state index is -4.19. The van der Waals surface area contributed by atoms with Gasteiger partial charge in [-0.25, -0.2) is 26.7 Å². The number of hydrogen-bond donors (Lipinski definition) is 3. The molecule has 0 aliphatic heterocycles. The van der Waals surface area contributed by atoms with Gasteiger partial charge in [0.2, 0.25) is 10.0 Å². The molecule has 0 heterocycles. The van der Waals surface area contributed by atoms with Gasteiger partial charge in [0.1, 0.15) is 6.10 Å². The van der Waals surface area contributed by atoms with Gasteiger partial charge in [-0.3, -0.25) is 0 Å². The first-order valence-electron chi connectivity index (χ1n) is 6.01. The molecule has 1 unspecified atom stereocenters. The van der Waals surface area contributed by atoms with Crippen LogP contribution >= 0.6 is 0 Å². The second-order valence-corrected chi connectivity index (χ2v) is 5.97. The lowest BCUT2D eigenvalue weighted by atomic mass is 10.1. The number of hydrogen-bond acceptors (Lipinski definition) is 4. The molecule has 0 aliphatic carbocycles. The summed E-state index contributed by atoms with van der Waals surface area (Å²) in [6.07, 6.45) is -4.90. The third-order valence-corrected chi connectivity index (χ3v) is 4.26. The predicted octanol–water partition coefficient (Wildman–Crippen LogP) is 0.852. The average Bonchev–Trinajstić information content (AvgIpc) is 2.43. The second-order valence-electron chi connectivity index (χ2n) is 4.23. The van der Waals surface area contributed by atoms with Crippen molar-refractivity contribution in [3.63, 3.8) is 0 Å². The Balaban J connectivity index is 3.11. The van der Waals surface area contributed by atoms with Crippen molar-refractivity contribution in [3.8, 4) is 0 Å². The number of sulfonamides is 1. The zero-order chi connectivity index (χ0) is 16.2. The minimum Gasteiger partial charge on any atom is -0.478 e. The largest absolute Gasteiger partial charge is 0.478 e. The maximum Gasteiger partial charge on any atom is 0.335 e. The third kappa shape index (κ3) is 4.45. The quantitative estimate of drug-likeness (QED) is 0.690. The smallest absolute Gasteiger partial charge is 0.335 e. The number of carboxylic acids is 1. The number of carbonyl (C=O) groups is 1. The fraction of sp³-hybridized carbons (Fsp3) is 0.417. The van der Waals surface area contributed by atoms with Gasteiger partial charge in [0.05, 0.1) is 10.5 Å². The van der Waals surface area contributed by atoms with Crippen LogP contribution in [-0.2, 0) is 16.4 Å². The number of aliphatic hydroxyl groups excluding tert-OH is 1.